The molecule has 0 radical (unpaired) electrons. The molecule has 0 aliphatic rings. The molecule has 0 atom stereocenters. The maximum Gasteiger partial charge on any atom is 0.238 e. The van der Waals surface area contributed by atoms with Crippen LogP contribution >= 0.6 is 0 Å². The van der Waals surface area contributed by atoms with Crippen molar-refractivity contribution < 1.29 is 34.7 Å². The summed E-state index contributed by atoms with van der Waals surface area (Å²) in [4.78, 5) is 23.2. The Bertz CT molecular complexity index is 1050. The Morgan fingerprint density at radius 2 is 1.62 bits per heavy atom. The number of benzene rings is 2. The van der Waals surface area contributed by atoms with Crippen LogP contribution in [0.15, 0.2) is 33.5 Å². The number of carbonyl (C=O) groups excluding carboxylic acids is 1. The number of fused-ring (bicyclic) bond motifs is 1. The first kappa shape index (κ1) is 15.2. The molecule has 24 heavy (non-hydrogen) atoms. The van der Waals surface area contributed by atoms with Gasteiger partial charge in [-0.05, 0) is 12.1 Å². The summed E-state index contributed by atoms with van der Waals surface area (Å²) in [5.74, 6) is -3.50. The predicted molar refractivity (Wildman–Crippen MR) is 81.6 cm³/mol. The zero-order valence-electron chi connectivity index (χ0n) is 11.8. The monoisotopic (exact) mass is 330 g/mol. The number of rotatable bonds is 2. The highest BCUT2D eigenvalue weighted by Gasteiger charge is 2.23. The summed E-state index contributed by atoms with van der Waals surface area (Å²) in [6, 6.07) is 4.31. The zero-order valence-corrected chi connectivity index (χ0v) is 11.8. The van der Waals surface area contributed by atoms with Crippen molar-refractivity contribution in [1.82, 2.24) is 0 Å². The fourth-order valence-corrected chi connectivity index (χ4v) is 2.34. The number of hydrogen-bond donors (Lipinski definition) is 5. The molecule has 0 fully saturated rings. The lowest BCUT2D eigenvalue weighted by Gasteiger charge is -2.10. The van der Waals surface area contributed by atoms with Crippen molar-refractivity contribution in [1.29, 1.82) is 0 Å². The second-order valence-corrected chi connectivity index (χ2v) is 4.96. The van der Waals surface area contributed by atoms with E-state index in [1.807, 2.05) is 0 Å². The third-order valence-corrected chi connectivity index (χ3v) is 3.50. The molecule has 1 aromatic heterocycles. The number of hydrogen-bond acceptors (Lipinski definition) is 8. The molecular weight excluding hydrogens is 320 g/mol. The van der Waals surface area contributed by atoms with Gasteiger partial charge in [0.1, 0.15) is 34.0 Å². The predicted octanol–water partition coefficient (Wildman–Crippen LogP) is 1.80. The average molecular weight is 330 g/mol. The van der Waals surface area contributed by atoms with Gasteiger partial charge in [-0.3, -0.25) is 9.59 Å². The van der Waals surface area contributed by atoms with Gasteiger partial charge in [0.15, 0.2) is 12.0 Å². The van der Waals surface area contributed by atoms with Crippen molar-refractivity contribution in [2.45, 2.75) is 0 Å². The lowest BCUT2D eigenvalue weighted by Crippen LogP contribution is -2.04. The first-order valence-corrected chi connectivity index (χ1v) is 6.57. The molecule has 3 aromatic rings. The zero-order chi connectivity index (χ0) is 17.6. The highest BCUT2D eigenvalue weighted by Crippen LogP contribution is 2.40. The van der Waals surface area contributed by atoms with Crippen LogP contribution in [0.4, 0.5) is 0 Å². The molecular formula is C16H10O8. The summed E-state index contributed by atoms with van der Waals surface area (Å²) in [5, 5.41) is 48.4. The third kappa shape index (κ3) is 2.09. The molecule has 8 nitrogen and oxygen atoms in total. The van der Waals surface area contributed by atoms with E-state index in [-0.39, 0.29) is 23.2 Å². The topological polar surface area (TPSA) is 148 Å². The fourth-order valence-electron chi connectivity index (χ4n) is 2.34. The van der Waals surface area contributed by atoms with Crippen LogP contribution in [0.2, 0.25) is 0 Å². The molecule has 0 aliphatic heterocycles. The molecule has 8 heteroatoms. The van der Waals surface area contributed by atoms with Crippen LogP contribution in [-0.4, -0.2) is 31.8 Å². The van der Waals surface area contributed by atoms with E-state index in [0.717, 1.165) is 12.1 Å². The highest BCUT2D eigenvalue weighted by atomic mass is 16.4. The largest absolute Gasteiger partial charge is 0.508 e. The molecule has 0 aliphatic carbocycles. The molecule has 0 amide bonds. The smallest absolute Gasteiger partial charge is 0.238 e. The van der Waals surface area contributed by atoms with Crippen LogP contribution in [0.3, 0.4) is 0 Å². The highest BCUT2D eigenvalue weighted by molar-refractivity contribution is 5.97. The third-order valence-electron chi connectivity index (χ3n) is 3.50. The van der Waals surface area contributed by atoms with Gasteiger partial charge in [-0.1, -0.05) is 0 Å². The molecule has 0 unspecified atom stereocenters. The second-order valence-electron chi connectivity index (χ2n) is 4.96. The SMILES string of the molecule is O=Cc1c(O)cc2oc(-c3ccc(O)cc3O)c(O)c(=O)c2c1O. The lowest BCUT2D eigenvalue weighted by molar-refractivity contribution is 0.111. The van der Waals surface area contributed by atoms with Crippen LogP contribution in [0, 0.1) is 0 Å². The summed E-state index contributed by atoms with van der Waals surface area (Å²) < 4.78 is 5.31. The van der Waals surface area contributed by atoms with E-state index in [9.17, 15) is 35.1 Å². The van der Waals surface area contributed by atoms with Gasteiger partial charge in [0.25, 0.3) is 0 Å². The Morgan fingerprint density at radius 1 is 0.917 bits per heavy atom. The van der Waals surface area contributed by atoms with E-state index in [4.69, 9.17) is 4.42 Å². The Balaban J connectivity index is 2.43. The number of carbonyl (C=O) groups is 1. The van der Waals surface area contributed by atoms with Crippen LogP contribution in [-0.2, 0) is 0 Å². The standard InChI is InChI=1S/C16H10O8/c17-5-8-10(20)4-11-12(13(8)21)14(22)15(23)16(24-11)7-2-1-6(18)3-9(7)19/h1-5,18-21,23H. The van der Waals surface area contributed by atoms with Crippen molar-refractivity contribution in [3.8, 4) is 40.1 Å². The van der Waals surface area contributed by atoms with E-state index in [1.165, 1.54) is 12.1 Å². The van der Waals surface area contributed by atoms with E-state index < -0.39 is 45.1 Å². The molecule has 0 spiro atoms. The van der Waals surface area contributed by atoms with Crippen molar-refractivity contribution in [3.63, 3.8) is 0 Å². The van der Waals surface area contributed by atoms with Crippen molar-refractivity contribution in [2.75, 3.05) is 0 Å². The van der Waals surface area contributed by atoms with Crippen LogP contribution < -0.4 is 5.43 Å². The molecule has 0 bridgehead atoms. The molecule has 5 N–H and O–H groups in total. The van der Waals surface area contributed by atoms with Gasteiger partial charge in [0.05, 0.1) is 11.1 Å². The van der Waals surface area contributed by atoms with Crippen LogP contribution in [0.25, 0.3) is 22.3 Å². The molecule has 122 valence electrons. The fraction of sp³-hybridized carbons (Fsp3) is 0. The van der Waals surface area contributed by atoms with Crippen LogP contribution in [0.5, 0.6) is 28.7 Å². The molecule has 0 saturated heterocycles. The van der Waals surface area contributed by atoms with Gasteiger partial charge in [-0.25, -0.2) is 0 Å². The van der Waals surface area contributed by atoms with E-state index in [0.29, 0.717) is 0 Å². The number of aromatic hydroxyl groups is 5. The van der Waals surface area contributed by atoms with Gasteiger partial charge >= 0.3 is 0 Å². The van der Waals surface area contributed by atoms with Gasteiger partial charge in [-0.2, -0.15) is 0 Å². The van der Waals surface area contributed by atoms with Gasteiger partial charge < -0.3 is 29.9 Å². The van der Waals surface area contributed by atoms with E-state index in [2.05, 4.69) is 0 Å². The second kappa shape index (κ2) is 5.20. The normalized spacial score (nSPS) is 10.8. The first-order chi connectivity index (χ1) is 11.3. The maximum atomic E-state index is 12.3. The van der Waals surface area contributed by atoms with Gasteiger partial charge in [0, 0.05) is 12.1 Å². The van der Waals surface area contributed by atoms with Gasteiger partial charge in [0.2, 0.25) is 11.2 Å². The lowest BCUT2D eigenvalue weighted by atomic mass is 10.1. The number of phenols is 4. The molecule has 2 aromatic carbocycles. The maximum absolute atomic E-state index is 12.3. The number of aldehydes is 1. The summed E-state index contributed by atoms with van der Waals surface area (Å²) in [6.07, 6.45) is 0.153. The number of phenolic OH excluding ortho intramolecular Hbond substituents is 4. The van der Waals surface area contributed by atoms with Crippen molar-refractivity contribution >= 4 is 17.3 Å². The quantitative estimate of drug-likeness (QED) is 0.447. The minimum atomic E-state index is -1.06. The van der Waals surface area contributed by atoms with Crippen molar-refractivity contribution in [3.05, 3.63) is 40.1 Å². The van der Waals surface area contributed by atoms with E-state index in [1.54, 1.807) is 0 Å². The Morgan fingerprint density at radius 3 is 2.25 bits per heavy atom. The summed E-state index contributed by atoms with van der Waals surface area (Å²) in [5.41, 5.74) is -1.97. The Kier molecular flexibility index (Phi) is 3.30. The first-order valence-electron chi connectivity index (χ1n) is 6.57. The molecule has 0 saturated carbocycles. The van der Waals surface area contributed by atoms with E-state index >= 15 is 0 Å². The minimum Gasteiger partial charge on any atom is -0.508 e. The Hall–Kier alpha value is -3.68. The van der Waals surface area contributed by atoms with Crippen LogP contribution in [0.1, 0.15) is 10.4 Å². The molecule has 1 heterocycles. The Labute approximate surface area is 133 Å². The average Bonchev–Trinajstić information content (AvgIpc) is 2.51. The summed E-state index contributed by atoms with van der Waals surface area (Å²) in [6.45, 7) is 0. The summed E-state index contributed by atoms with van der Waals surface area (Å²) in [7, 11) is 0. The summed E-state index contributed by atoms with van der Waals surface area (Å²) >= 11 is 0. The molecule has 3 rings (SSSR count). The van der Waals surface area contributed by atoms with Gasteiger partial charge in [-0.15, -0.1) is 0 Å². The minimum absolute atomic E-state index is 0.0947. The van der Waals surface area contributed by atoms with Crippen molar-refractivity contribution in [2.24, 2.45) is 0 Å².